The Morgan fingerprint density at radius 1 is 1.22 bits per heavy atom. The van der Waals surface area contributed by atoms with Gasteiger partial charge >= 0.3 is 0 Å². The fourth-order valence-electron chi connectivity index (χ4n) is 2.34. The lowest BCUT2D eigenvalue weighted by Gasteiger charge is -2.06. The molecular formula is C17H16N4O2. The molecule has 0 amide bonds. The van der Waals surface area contributed by atoms with E-state index >= 15 is 0 Å². The number of nitro benzene ring substituents is 1. The second-order valence-corrected chi connectivity index (χ2v) is 5.24. The van der Waals surface area contributed by atoms with Crippen LogP contribution in [0.5, 0.6) is 0 Å². The van der Waals surface area contributed by atoms with Crippen molar-refractivity contribution in [3.8, 4) is 11.3 Å². The van der Waals surface area contributed by atoms with Gasteiger partial charge in [0.15, 0.2) is 0 Å². The lowest BCUT2D eigenvalue weighted by atomic mass is 10.2. The van der Waals surface area contributed by atoms with Crippen LogP contribution in [0.15, 0.2) is 54.7 Å². The van der Waals surface area contributed by atoms with Crippen molar-refractivity contribution in [2.24, 2.45) is 0 Å². The molecule has 0 bridgehead atoms. The van der Waals surface area contributed by atoms with E-state index in [1.807, 2.05) is 43.3 Å². The predicted molar refractivity (Wildman–Crippen MR) is 89.2 cm³/mol. The average Bonchev–Trinajstić information content (AvgIpc) is 3.03. The quantitative estimate of drug-likeness (QED) is 0.553. The van der Waals surface area contributed by atoms with E-state index in [1.54, 1.807) is 18.3 Å². The second kappa shape index (κ2) is 6.31. The van der Waals surface area contributed by atoms with Crippen LogP contribution in [0.25, 0.3) is 11.3 Å². The highest BCUT2D eigenvalue weighted by molar-refractivity contribution is 5.62. The van der Waals surface area contributed by atoms with Gasteiger partial charge in [-0.2, -0.15) is 0 Å². The van der Waals surface area contributed by atoms with Gasteiger partial charge in [0, 0.05) is 6.07 Å². The molecule has 0 aliphatic heterocycles. The molecular weight excluding hydrogens is 292 g/mol. The first-order valence-corrected chi connectivity index (χ1v) is 7.22. The van der Waals surface area contributed by atoms with E-state index in [2.05, 4.69) is 15.3 Å². The number of rotatable bonds is 5. The molecule has 0 spiro atoms. The summed E-state index contributed by atoms with van der Waals surface area (Å²) in [6.45, 7) is 2.21. The summed E-state index contributed by atoms with van der Waals surface area (Å²) < 4.78 is 0. The van der Waals surface area contributed by atoms with Crippen molar-refractivity contribution in [1.29, 1.82) is 0 Å². The number of benzene rings is 2. The van der Waals surface area contributed by atoms with Crippen molar-refractivity contribution in [3.63, 3.8) is 0 Å². The number of nitrogens with one attached hydrogen (secondary N) is 2. The van der Waals surface area contributed by atoms with Crippen LogP contribution in [-0.4, -0.2) is 14.9 Å². The summed E-state index contributed by atoms with van der Waals surface area (Å²) in [5.41, 5.74) is 3.37. The topological polar surface area (TPSA) is 83.8 Å². The third-order valence-corrected chi connectivity index (χ3v) is 3.51. The smallest absolute Gasteiger partial charge is 0.292 e. The minimum atomic E-state index is -0.382. The minimum Gasteiger partial charge on any atom is -0.372 e. The third kappa shape index (κ3) is 3.37. The Morgan fingerprint density at radius 2 is 2.00 bits per heavy atom. The zero-order valence-corrected chi connectivity index (χ0v) is 12.6. The van der Waals surface area contributed by atoms with Crippen molar-refractivity contribution in [2.45, 2.75) is 13.5 Å². The van der Waals surface area contributed by atoms with E-state index in [9.17, 15) is 10.1 Å². The Hall–Kier alpha value is -3.15. The summed E-state index contributed by atoms with van der Waals surface area (Å²) in [6.07, 6.45) is 1.76. The van der Waals surface area contributed by atoms with Crippen LogP contribution < -0.4 is 5.32 Å². The molecule has 0 aliphatic rings. The van der Waals surface area contributed by atoms with Crippen molar-refractivity contribution in [1.82, 2.24) is 9.97 Å². The summed E-state index contributed by atoms with van der Waals surface area (Å²) in [5.74, 6) is 0.721. The van der Waals surface area contributed by atoms with Crippen LogP contribution in [0, 0.1) is 17.0 Å². The van der Waals surface area contributed by atoms with Crippen molar-refractivity contribution in [3.05, 3.63) is 76.2 Å². The minimum absolute atomic E-state index is 0.0693. The Labute approximate surface area is 133 Å². The van der Waals surface area contributed by atoms with Gasteiger partial charge in [-0.05, 0) is 24.1 Å². The van der Waals surface area contributed by atoms with Crippen LogP contribution in [0.1, 0.15) is 11.4 Å². The standard InChI is InChI=1S/C17H16N4O2/c1-12-7-8-14(16(9-12)21(22)23)18-11-17-19-10-15(20-17)13-5-3-2-4-6-13/h2-10,18H,11H2,1H3,(H,19,20). The molecule has 6 nitrogen and oxygen atoms in total. The number of anilines is 1. The monoisotopic (exact) mass is 308 g/mol. The lowest BCUT2D eigenvalue weighted by Crippen LogP contribution is -2.04. The molecule has 23 heavy (non-hydrogen) atoms. The predicted octanol–water partition coefficient (Wildman–Crippen LogP) is 3.91. The number of hydrogen-bond acceptors (Lipinski definition) is 4. The number of aryl methyl sites for hydroxylation is 1. The Kier molecular flexibility index (Phi) is 4.05. The van der Waals surface area contributed by atoms with Gasteiger partial charge in [0.05, 0.1) is 23.4 Å². The maximum absolute atomic E-state index is 11.1. The van der Waals surface area contributed by atoms with Gasteiger partial charge in [0.1, 0.15) is 11.5 Å². The number of hydrogen-bond donors (Lipinski definition) is 2. The molecule has 1 aromatic heterocycles. The molecule has 2 N–H and O–H groups in total. The van der Waals surface area contributed by atoms with Gasteiger partial charge < -0.3 is 10.3 Å². The van der Waals surface area contributed by atoms with Crippen molar-refractivity contribution < 1.29 is 4.92 Å². The van der Waals surface area contributed by atoms with Crippen LogP contribution in [0.4, 0.5) is 11.4 Å². The zero-order chi connectivity index (χ0) is 16.2. The molecule has 0 radical (unpaired) electrons. The normalized spacial score (nSPS) is 10.5. The molecule has 2 aromatic carbocycles. The number of nitro groups is 1. The molecule has 3 rings (SSSR count). The van der Waals surface area contributed by atoms with Gasteiger partial charge in [-0.15, -0.1) is 0 Å². The molecule has 0 unspecified atom stereocenters. The number of imidazole rings is 1. The van der Waals surface area contributed by atoms with E-state index in [1.165, 1.54) is 0 Å². The van der Waals surface area contributed by atoms with Crippen LogP contribution in [0.2, 0.25) is 0 Å². The first-order chi connectivity index (χ1) is 11.1. The van der Waals surface area contributed by atoms with Gasteiger partial charge in [-0.3, -0.25) is 10.1 Å². The largest absolute Gasteiger partial charge is 0.372 e. The van der Waals surface area contributed by atoms with Gasteiger partial charge in [-0.1, -0.05) is 36.4 Å². The SMILES string of the molecule is Cc1ccc(NCc2ncc(-c3ccccc3)[nH]2)c([N+](=O)[O-])c1. The van der Waals surface area contributed by atoms with E-state index < -0.39 is 0 Å². The summed E-state index contributed by atoms with van der Waals surface area (Å²) in [6, 6.07) is 15.0. The third-order valence-electron chi connectivity index (χ3n) is 3.51. The highest BCUT2D eigenvalue weighted by Gasteiger charge is 2.13. The maximum Gasteiger partial charge on any atom is 0.292 e. The van der Waals surface area contributed by atoms with Gasteiger partial charge in [0.2, 0.25) is 0 Å². The van der Waals surface area contributed by atoms with E-state index in [4.69, 9.17) is 0 Å². The molecule has 3 aromatic rings. The van der Waals surface area contributed by atoms with Gasteiger partial charge in [-0.25, -0.2) is 4.98 Å². The number of aromatic amines is 1. The van der Waals surface area contributed by atoms with E-state index in [0.29, 0.717) is 12.2 Å². The Morgan fingerprint density at radius 3 is 2.74 bits per heavy atom. The van der Waals surface area contributed by atoms with Crippen molar-refractivity contribution >= 4 is 11.4 Å². The maximum atomic E-state index is 11.1. The summed E-state index contributed by atoms with van der Waals surface area (Å²) in [4.78, 5) is 18.3. The molecule has 0 saturated heterocycles. The number of H-pyrrole nitrogens is 1. The fourth-order valence-corrected chi connectivity index (χ4v) is 2.34. The molecule has 116 valence electrons. The van der Waals surface area contributed by atoms with Crippen molar-refractivity contribution in [2.75, 3.05) is 5.32 Å². The molecule has 0 fully saturated rings. The van der Waals surface area contributed by atoms with Crippen LogP contribution in [-0.2, 0) is 6.54 Å². The van der Waals surface area contributed by atoms with Gasteiger partial charge in [0.25, 0.3) is 5.69 Å². The highest BCUT2D eigenvalue weighted by atomic mass is 16.6. The van der Waals surface area contributed by atoms with E-state index in [-0.39, 0.29) is 10.6 Å². The Bertz CT molecular complexity index is 828. The fraction of sp³-hybridized carbons (Fsp3) is 0.118. The molecule has 6 heteroatoms. The summed E-state index contributed by atoms with van der Waals surface area (Å²) in [5, 5.41) is 14.2. The number of nitrogens with zero attached hydrogens (tertiary/aromatic N) is 2. The van der Waals surface area contributed by atoms with Crippen LogP contribution >= 0.6 is 0 Å². The highest BCUT2D eigenvalue weighted by Crippen LogP contribution is 2.25. The molecule has 0 atom stereocenters. The van der Waals surface area contributed by atoms with E-state index in [0.717, 1.165) is 22.6 Å². The second-order valence-electron chi connectivity index (χ2n) is 5.24. The first kappa shape index (κ1) is 14.8. The lowest BCUT2D eigenvalue weighted by molar-refractivity contribution is -0.384. The average molecular weight is 308 g/mol. The Balaban J connectivity index is 1.75. The first-order valence-electron chi connectivity index (χ1n) is 7.22. The molecule has 0 aliphatic carbocycles. The zero-order valence-electron chi connectivity index (χ0n) is 12.6. The molecule has 1 heterocycles. The summed E-state index contributed by atoms with van der Waals surface area (Å²) in [7, 11) is 0. The molecule has 0 saturated carbocycles. The number of aromatic nitrogens is 2. The van der Waals surface area contributed by atoms with Crippen LogP contribution in [0.3, 0.4) is 0 Å². The summed E-state index contributed by atoms with van der Waals surface area (Å²) >= 11 is 0.